The number of nitro groups is 1. The average Bonchev–Trinajstić information content (AvgIpc) is 2.65. The second kappa shape index (κ2) is 8.49. The van der Waals surface area contributed by atoms with Crippen molar-refractivity contribution in [3.8, 4) is 11.6 Å². The van der Waals surface area contributed by atoms with Gasteiger partial charge < -0.3 is 14.8 Å². The lowest BCUT2D eigenvalue weighted by molar-refractivity contribution is -0.387. The van der Waals surface area contributed by atoms with E-state index in [0.29, 0.717) is 12.4 Å². The summed E-state index contributed by atoms with van der Waals surface area (Å²) in [5, 5.41) is 20.2. The fraction of sp³-hybridized carbons (Fsp3) is 0.0526. The summed E-state index contributed by atoms with van der Waals surface area (Å²) in [7, 11) is 0. The van der Waals surface area contributed by atoms with Gasteiger partial charge in [0.25, 0.3) is 5.88 Å². The number of nitrogens with one attached hydrogen (secondary N) is 1. The minimum atomic E-state index is -1.03. The van der Waals surface area contributed by atoms with Gasteiger partial charge in [-0.2, -0.15) is 4.98 Å². The first-order valence-electron chi connectivity index (χ1n) is 8.06. The number of hydrogen-bond donors (Lipinski definition) is 2. The Labute approximate surface area is 167 Å². The third kappa shape index (κ3) is 4.63. The van der Waals surface area contributed by atoms with Gasteiger partial charge in [0.15, 0.2) is 0 Å². The van der Waals surface area contributed by atoms with Gasteiger partial charge in [0.1, 0.15) is 18.2 Å². The van der Waals surface area contributed by atoms with Gasteiger partial charge in [-0.1, -0.05) is 42.5 Å². The molecular formula is C19H14BrN3O5. The summed E-state index contributed by atoms with van der Waals surface area (Å²) in [6.45, 7) is 0.432. The maximum atomic E-state index is 11.6. The molecule has 142 valence electrons. The molecule has 2 aromatic carbocycles. The lowest BCUT2D eigenvalue weighted by Gasteiger charge is -2.09. The number of aromatic nitrogens is 2. The zero-order valence-corrected chi connectivity index (χ0v) is 15.9. The Balaban J connectivity index is 1.74. The first-order chi connectivity index (χ1) is 13.4. The SMILES string of the molecule is O=c1[nH]c(/C=C\c2ccc(OCc3ccccc3)c(Br)c2)nc(O)c1[N+](=O)[O-]. The highest BCUT2D eigenvalue weighted by molar-refractivity contribution is 9.10. The predicted octanol–water partition coefficient (Wildman–Crippen LogP) is 3.90. The van der Waals surface area contributed by atoms with E-state index in [9.17, 15) is 20.0 Å². The standard InChI is InChI=1S/C19H14BrN3O5/c20-14-10-12(6-8-15(14)28-11-13-4-2-1-3-5-13)7-9-16-21-18(24)17(23(26)27)19(25)22-16/h1-10H,11H2,(H2,21,22,24,25)/b9-7-. The normalized spacial score (nSPS) is 10.9. The van der Waals surface area contributed by atoms with Gasteiger partial charge in [-0.05, 0) is 45.3 Å². The zero-order valence-electron chi connectivity index (χ0n) is 14.3. The highest BCUT2D eigenvalue weighted by Crippen LogP contribution is 2.27. The molecule has 0 saturated carbocycles. The van der Waals surface area contributed by atoms with Crippen LogP contribution < -0.4 is 10.3 Å². The van der Waals surface area contributed by atoms with Crippen LogP contribution in [0.15, 0.2) is 57.8 Å². The van der Waals surface area contributed by atoms with Gasteiger partial charge in [-0.25, -0.2) is 0 Å². The molecule has 2 N–H and O–H groups in total. The number of aromatic hydroxyl groups is 1. The summed E-state index contributed by atoms with van der Waals surface area (Å²) < 4.78 is 6.51. The highest BCUT2D eigenvalue weighted by atomic mass is 79.9. The van der Waals surface area contributed by atoms with E-state index < -0.39 is 22.0 Å². The maximum absolute atomic E-state index is 11.6. The van der Waals surface area contributed by atoms with E-state index in [2.05, 4.69) is 25.9 Å². The summed E-state index contributed by atoms with van der Waals surface area (Å²) in [5.74, 6) is -0.270. The van der Waals surface area contributed by atoms with E-state index >= 15 is 0 Å². The fourth-order valence-electron chi connectivity index (χ4n) is 2.36. The van der Waals surface area contributed by atoms with Crippen LogP contribution in [0.1, 0.15) is 17.0 Å². The molecule has 0 amide bonds. The van der Waals surface area contributed by atoms with Gasteiger partial charge in [0.05, 0.1) is 9.40 Å². The Morgan fingerprint density at radius 3 is 2.61 bits per heavy atom. The van der Waals surface area contributed by atoms with Crippen LogP contribution in [0.3, 0.4) is 0 Å². The quantitative estimate of drug-likeness (QED) is 0.440. The Bertz CT molecular complexity index is 1100. The second-order valence-corrected chi connectivity index (χ2v) is 6.53. The summed E-state index contributed by atoms with van der Waals surface area (Å²) in [6, 6.07) is 15.2. The average molecular weight is 444 g/mol. The number of benzene rings is 2. The van der Waals surface area contributed by atoms with Crippen molar-refractivity contribution >= 4 is 33.8 Å². The molecule has 3 rings (SSSR count). The summed E-state index contributed by atoms with van der Waals surface area (Å²) in [5.41, 5.74) is -0.200. The lowest BCUT2D eigenvalue weighted by atomic mass is 10.2. The predicted molar refractivity (Wildman–Crippen MR) is 107 cm³/mol. The van der Waals surface area contributed by atoms with Crippen molar-refractivity contribution in [2.45, 2.75) is 6.61 Å². The third-order valence-corrected chi connectivity index (χ3v) is 4.32. The maximum Gasteiger partial charge on any atom is 0.395 e. The number of hydrogen-bond acceptors (Lipinski definition) is 6. The van der Waals surface area contributed by atoms with Crippen molar-refractivity contribution in [1.82, 2.24) is 9.97 Å². The van der Waals surface area contributed by atoms with Crippen molar-refractivity contribution < 1.29 is 14.8 Å². The molecule has 0 spiro atoms. The largest absolute Gasteiger partial charge is 0.488 e. The highest BCUT2D eigenvalue weighted by Gasteiger charge is 2.21. The van der Waals surface area contributed by atoms with Gasteiger partial charge >= 0.3 is 11.2 Å². The summed E-state index contributed by atoms with van der Waals surface area (Å²) in [6.07, 6.45) is 3.06. The van der Waals surface area contributed by atoms with Crippen molar-refractivity contribution in [3.63, 3.8) is 0 Å². The molecular weight excluding hydrogens is 430 g/mol. The summed E-state index contributed by atoms with van der Waals surface area (Å²) >= 11 is 3.45. The van der Waals surface area contributed by atoms with Gasteiger partial charge in [-0.15, -0.1) is 0 Å². The molecule has 0 aliphatic heterocycles. The number of H-pyrrole nitrogens is 1. The zero-order chi connectivity index (χ0) is 20.1. The fourth-order valence-corrected chi connectivity index (χ4v) is 2.87. The molecule has 0 aliphatic carbocycles. The molecule has 0 saturated heterocycles. The summed E-state index contributed by atoms with van der Waals surface area (Å²) in [4.78, 5) is 27.2. The topological polar surface area (TPSA) is 118 Å². The van der Waals surface area contributed by atoms with Crippen LogP contribution in [0.2, 0.25) is 0 Å². The Kier molecular flexibility index (Phi) is 5.85. The van der Waals surface area contributed by atoms with Gasteiger partial charge in [0.2, 0.25) is 0 Å². The van der Waals surface area contributed by atoms with E-state index in [0.717, 1.165) is 15.6 Å². The van der Waals surface area contributed by atoms with Crippen LogP contribution >= 0.6 is 15.9 Å². The van der Waals surface area contributed by atoms with E-state index in [-0.39, 0.29) is 5.82 Å². The van der Waals surface area contributed by atoms with Crippen LogP contribution in [0.25, 0.3) is 12.2 Å². The molecule has 0 atom stereocenters. The lowest BCUT2D eigenvalue weighted by Crippen LogP contribution is -2.14. The number of ether oxygens (including phenoxy) is 1. The first-order valence-corrected chi connectivity index (χ1v) is 8.85. The minimum Gasteiger partial charge on any atom is -0.488 e. The van der Waals surface area contributed by atoms with Crippen molar-refractivity contribution in [2.75, 3.05) is 0 Å². The van der Waals surface area contributed by atoms with Crippen LogP contribution in [0, 0.1) is 10.1 Å². The van der Waals surface area contributed by atoms with Crippen LogP contribution in [0.5, 0.6) is 11.6 Å². The first kappa shape index (κ1) is 19.3. The van der Waals surface area contributed by atoms with Crippen LogP contribution in [-0.2, 0) is 6.61 Å². The molecule has 28 heavy (non-hydrogen) atoms. The molecule has 0 radical (unpaired) electrons. The van der Waals surface area contributed by atoms with E-state index in [1.54, 1.807) is 24.3 Å². The van der Waals surface area contributed by atoms with E-state index in [4.69, 9.17) is 4.74 Å². The van der Waals surface area contributed by atoms with Crippen molar-refractivity contribution in [2.24, 2.45) is 0 Å². The minimum absolute atomic E-state index is 0.00590. The van der Waals surface area contributed by atoms with Crippen molar-refractivity contribution in [3.05, 3.63) is 90.4 Å². The molecule has 8 nitrogen and oxygen atoms in total. The van der Waals surface area contributed by atoms with Crippen LogP contribution in [0.4, 0.5) is 5.69 Å². The van der Waals surface area contributed by atoms with E-state index in [1.807, 2.05) is 30.3 Å². The van der Waals surface area contributed by atoms with E-state index in [1.165, 1.54) is 6.08 Å². The molecule has 0 aliphatic rings. The molecule has 1 heterocycles. The molecule has 0 unspecified atom stereocenters. The number of aromatic amines is 1. The molecule has 3 aromatic rings. The smallest absolute Gasteiger partial charge is 0.395 e. The van der Waals surface area contributed by atoms with Crippen LogP contribution in [-0.4, -0.2) is 20.0 Å². The Morgan fingerprint density at radius 1 is 1.21 bits per heavy atom. The third-order valence-electron chi connectivity index (χ3n) is 3.70. The Morgan fingerprint density at radius 2 is 1.96 bits per heavy atom. The monoisotopic (exact) mass is 443 g/mol. The number of halogens is 1. The number of rotatable bonds is 6. The van der Waals surface area contributed by atoms with Gasteiger partial charge in [0, 0.05) is 0 Å². The molecule has 0 fully saturated rings. The van der Waals surface area contributed by atoms with Crippen molar-refractivity contribution in [1.29, 1.82) is 0 Å². The Hall–Kier alpha value is -3.46. The van der Waals surface area contributed by atoms with Gasteiger partial charge in [-0.3, -0.25) is 14.9 Å². The molecule has 0 bridgehead atoms. The second-order valence-electron chi connectivity index (χ2n) is 5.68. The molecule has 9 heteroatoms. The molecule has 1 aromatic heterocycles. The number of nitrogens with zero attached hydrogens (tertiary/aromatic N) is 2.